The van der Waals surface area contributed by atoms with Crippen LogP contribution < -0.4 is 11.2 Å². The number of esters is 1. The zero-order chi connectivity index (χ0) is 12.6. The fourth-order valence-electron chi connectivity index (χ4n) is 1.63. The predicted octanol–water partition coefficient (Wildman–Crippen LogP) is -1.10. The number of aromatic amines is 2. The third kappa shape index (κ3) is 1.82. The maximum Gasteiger partial charge on any atom is 0.334 e. The number of carbonyl (C=O) groups excluding carboxylic acids is 2. The van der Waals surface area contributed by atoms with Crippen molar-refractivity contribution >= 4 is 11.8 Å². The summed E-state index contributed by atoms with van der Waals surface area (Å²) in [6, 6.07) is 0. The molecule has 1 aliphatic carbocycles. The minimum Gasteiger partial charge on any atom is -0.466 e. The number of rotatable bonds is 1. The molecule has 1 aromatic heterocycles. The molecular weight excluding hydrogens is 228 g/mol. The Morgan fingerprint density at radius 3 is 2.65 bits per heavy atom. The third-order valence-corrected chi connectivity index (χ3v) is 2.41. The number of ketones is 1. The van der Waals surface area contributed by atoms with Gasteiger partial charge >= 0.3 is 11.7 Å². The zero-order valence-electron chi connectivity index (χ0n) is 8.83. The molecule has 0 aromatic carbocycles. The molecule has 0 radical (unpaired) electrons. The van der Waals surface area contributed by atoms with Gasteiger partial charge in [-0.1, -0.05) is 0 Å². The quantitative estimate of drug-likeness (QED) is 0.601. The van der Waals surface area contributed by atoms with Crippen molar-refractivity contribution in [3.63, 3.8) is 0 Å². The minimum absolute atomic E-state index is 0.0418. The average molecular weight is 236 g/mol. The number of methoxy groups -OCH3 is 1. The number of hydrogen-bond donors (Lipinski definition) is 2. The van der Waals surface area contributed by atoms with Crippen LogP contribution in [0.5, 0.6) is 0 Å². The number of fused-ring (bicyclic) bond motifs is 1. The third-order valence-electron chi connectivity index (χ3n) is 2.41. The molecule has 2 N–H and O–H groups in total. The second-order valence-corrected chi connectivity index (χ2v) is 3.46. The smallest absolute Gasteiger partial charge is 0.334 e. The van der Waals surface area contributed by atoms with Crippen LogP contribution in [-0.2, 0) is 16.0 Å². The highest BCUT2D eigenvalue weighted by Crippen LogP contribution is 2.16. The highest BCUT2D eigenvalue weighted by Gasteiger charge is 2.25. The van der Waals surface area contributed by atoms with Gasteiger partial charge in [0.2, 0.25) is 5.78 Å². The van der Waals surface area contributed by atoms with Gasteiger partial charge < -0.3 is 9.72 Å². The van der Waals surface area contributed by atoms with Gasteiger partial charge in [-0.25, -0.2) is 9.59 Å². The summed E-state index contributed by atoms with van der Waals surface area (Å²) >= 11 is 0. The first-order valence-electron chi connectivity index (χ1n) is 4.71. The number of H-pyrrole nitrogens is 2. The van der Waals surface area contributed by atoms with Crippen LogP contribution in [0.2, 0.25) is 0 Å². The van der Waals surface area contributed by atoms with Crippen molar-refractivity contribution in [2.24, 2.45) is 0 Å². The molecule has 1 aliphatic rings. The van der Waals surface area contributed by atoms with Crippen LogP contribution >= 0.6 is 0 Å². The van der Waals surface area contributed by atoms with E-state index >= 15 is 0 Å². The van der Waals surface area contributed by atoms with Crippen LogP contribution in [0.4, 0.5) is 0 Å². The van der Waals surface area contributed by atoms with E-state index in [4.69, 9.17) is 0 Å². The van der Waals surface area contributed by atoms with Gasteiger partial charge in [0, 0.05) is 17.6 Å². The molecule has 7 nitrogen and oxygen atoms in total. The summed E-state index contributed by atoms with van der Waals surface area (Å²) in [5.41, 5.74) is -1.35. The standard InChI is InChI=1S/C10H8N2O5/c1-17-9(15)4-2-5-7(6(13)3-4)11-10(16)12-8(5)14/h3H,2H2,1H3,(H2,11,12,14,16). The summed E-state index contributed by atoms with van der Waals surface area (Å²) in [5, 5.41) is 0. The zero-order valence-corrected chi connectivity index (χ0v) is 8.83. The Kier molecular flexibility index (Phi) is 2.51. The summed E-state index contributed by atoms with van der Waals surface area (Å²) in [5.74, 6) is -1.26. The highest BCUT2D eigenvalue weighted by atomic mass is 16.5. The van der Waals surface area contributed by atoms with Crippen molar-refractivity contribution in [2.75, 3.05) is 7.11 Å². The van der Waals surface area contributed by atoms with Gasteiger partial charge in [0.1, 0.15) is 0 Å². The van der Waals surface area contributed by atoms with Crippen molar-refractivity contribution in [1.82, 2.24) is 9.97 Å². The summed E-state index contributed by atoms with van der Waals surface area (Å²) in [6.07, 6.45) is 1.02. The van der Waals surface area contributed by atoms with E-state index in [-0.39, 0.29) is 23.3 Å². The fourth-order valence-corrected chi connectivity index (χ4v) is 1.63. The Morgan fingerprint density at radius 1 is 1.29 bits per heavy atom. The number of aromatic nitrogens is 2. The predicted molar refractivity (Wildman–Crippen MR) is 55.8 cm³/mol. The molecule has 0 saturated heterocycles. The van der Waals surface area contributed by atoms with E-state index in [2.05, 4.69) is 9.72 Å². The molecule has 0 bridgehead atoms. The fraction of sp³-hybridized carbons (Fsp3) is 0.200. The minimum atomic E-state index is -0.753. The number of nitrogens with one attached hydrogen (secondary N) is 2. The molecule has 0 saturated carbocycles. The largest absolute Gasteiger partial charge is 0.466 e. The lowest BCUT2D eigenvalue weighted by atomic mass is 9.95. The Morgan fingerprint density at radius 2 is 2.00 bits per heavy atom. The molecule has 7 heteroatoms. The second-order valence-electron chi connectivity index (χ2n) is 3.46. The topological polar surface area (TPSA) is 109 Å². The van der Waals surface area contributed by atoms with E-state index in [0.717, 1.165) is 6.08 Å². The summed E-state index contributed by atoms with van der Waals surface area (Å²) in [6.45, 7) is 0. The molecular formula is C10H8N2O5. The number of ether oxygens (including phenoxy) is 1. The molecule has 1 heterocycles. The van der Waals surface area contributed by atoms with Gasteiger partial charge in [0.05, 0.1) is 12.8 Å². The normalized spacial score (nSPS) is 13.9. The van der Waals surface area contributed by atoms with Gasteiger partial charge in [-0.15, -0.1) is 0 Å². The lowest BCUT2D eigenvalue weighted by Gasteiger charge is -2.12. The highest BCUT2D eigenvalue weighted by molar-refractivity contribution is 6.10. The van der Waals surface area contributed by atoms with Crippen molar-refractivity contribution in [3.8, 4) is 0 Å². The Bertz CT molecular complexity index is 649. The SMILES string of the molecule is COC(=O)C1=CC(=O)c2[nH]c(=O)[nH]c(=O)c2C1. The van der Waals surface area contributed by atoms with Crippen LogP contribution in [0.3, 0.4) is 0 Å². The lowest BCUT2D eigenvalue weighted by Crippen LogP contribution is -2.32. The molecule has 0 spiro atoms. The molecule has 2 rings (SSSR count). The summed E-state index contributed by atoms with van der Waals surface area (Å²) < 4.78 is 4.47. The Hall–Kier alpha value is -2.44. The van der Waals surface area contributed by atoms with E-state index in [1.54, 1.807) is 0 Å². The molecule has 1 aromatic rings. The summed E-state index contributed by atoms with van der Waals surface area (Å²) in [4.78, 5) is 49.6. The van der Waals surface area contributed by atoms with Gasteiger partial charge in [-0.05, 0) is 6.08 Å². The molecule has 0 atom stereocenters. The van der Waals surface area contributed by atoms with Crippen LogP contribution in [-0.4, -0.2) is 28.8 Å². The van der Waals surface area contributed by atoms with Gasteiger partial charge in [0.15, 0.2) is 0 Å². The van der Waals surface area contributed by atoms with Crippen molar-refractivity contribution in [2.45, 2.75) is 6.42 Å². The first-order chi connectivity index (χ1) is 8.02. The second kappa shape index (κ2) is 3.85. The van der Waals surface area contributed by atoms with E-state index < -0.39 is 23.0 Å². The Labute approximate surface area is 94.1 Å². The van der Waals surface area contributed by atoms with E-state index in [9.17, 15) is 19.2 Å². The van der Waals surface area contributed by atoms with E-state index in [1.165, 1.54) is 7.11 Å². The van der Waals surface area contributed by atoms with Gasteiger partial charge in [-0.2, -0.15) is 0 Å². The molecule has 0 aliphatic heterocycles. The van der Waals surface area contributed by atoms with Crippen LogP contribution in [0.15, 0.2) is 21.2 Å². The van der Waals surface area contributed by atoms with Crippen LogP contribution in [0.25, 0.3) is 0 Å². The van der Waals surface area contributed by atoms with Crippen molar-refractivity contribution < 1.29 is 14.3 Å². The summed E-state index contributed by atoms with van der Waals surface area (Å²) in [7, 11) is 1.18. The van der Waals surface area contributed by atoms with Crippen molar-refractivity contribution in [1.29, 1.82) is 0 Å². The van der Waals surface area contributed by atoms with Crippen LogP contribution in [0.1, 0.15) is 16.1 Å². The number of hydrogen-bond acceptors (Lipinski definition) is 5. The van der Waals surface area contributed by atoms with Gasteiger partial charge in [-0.3, -0.25) is 14.6 Å². The average Bonchev–Trinajstić information content (AvgIpc) is 2.29. The number of allylic oxidation sites excluding steroid dienone is 1. The number of carbonyl (C=O) groups is 2. The Balaban J connectivity index is 2.58. The maximum absolute atomic E-state index is 11.6. The van der Waals surface area contributed by atoms with Crippen molar-refractivity contribution in [3.05, 3.63) is 43.7 Å². The van der Waals surface area contributed by atoms with Gasteiger partial charge in [0.25, 0.3) is 5.56 Å². The van der Waals surface area contributed by atoms with Crippen LogP contribution in [0, 0.1) is 0 Å². The first kappa shape index (κ1) is 11.1. The molecule has 0 amide bonds. The van der Waals surface area contributed by atoms with E-state index in [1.807, 2.05) is 4.98 Å². The monoisotopic (exact) mass is 236 g/mol. The van der Waals surface area contributed by atoms with E-state index in [0.29, 0.717) is 0 Å². The molecule has 88 valence electrons. The lowest BCUT2D eigenvalue weighted by molar-refractivity contribution is -0.136. The molecule has 0 unspecified atom stereocenters. The first-order valence-corrected chi connectivity index (χ1v) is 4.71. The molecule has 17 heavy (non-hydrogen) atoms. The molecule has 0 fully saturated rings. The maximum atomic E-state index is 11.6.